The van der Waals surface area contributed by atoms with E-state index in [-0.39, 0.29) is 6.10 Å². The zero-order chi connectivity index (χ0) is 18.0. The number of ether oxygens (including phenoxy) is 2. The van der Waals surface area contributed by atoms with Crippen LogP contribution in [0, 0.1) is 0 Å². The Morgan fingerprint density at radius 2 is 1.88 bits per heavy atom. The molecule has 2 unspecified atom stereocenters. The molecule has 136 valence electrons. The molecule has 0 aliphatic heterocycles. The van der Waals surface area contributed by atoms with Crippen molar-refractivity contribution in [3.63, 3.8) is 0 Å². The number of hydrogen-bond donors (Lipinski definition) is 1. The van der Waals surface area contributed by atoms with Gasteiger partial charge in [-0.2, -0.15) is 0 Å². The number of nitrogens with zero attached hydrogens (tertiary/aromatic N) is 1. The van der Waals surface area contributed by atoms with Gasteiger partial charge in [0.25, 0.3) is 0 Å². The Bertz CT molecular complexity index is 888. The molecule has 2 aromatic carbocycles. The third-order valence-corrected chi connectivity index (χ3v) is 5.53. The van der Waals surface area contributed by atoms with Crippen molar-refractivity contribution in [3.05, 3.63) is 66.4 Å². The lowest BCUT2D eigenvalue weighted by molar-refractivity contribution is -0.0646. The van der Waals surface area contributed by atoms with Crippen molar-refractivity contribution in [2.45, 2.75) is 44.1 Å². The highest BCUT2D eigenvalue weighted by Crippen LogP contribution is 2.36. The summed E-state index contributed by atoms with van der Waals surface area (Å²) < 4.78 is 14.0. The average Bonchev–Trinajstić information content (AvgIpc) is 3.12. The molecule has 1 aliphatic rings. The van der Waals surface area contributed by atoms with Crippen LogP contribution in [-0.2, 0) is 17.0 Å². The highest BCUT2D eigenvalue weighted by atomic mass is 16.5. The van der Waals surface area contributed by atoms with Crippen LogP contribution >= 0.6 is 0 Å². The van der Waals surface area contributed by atoms with E-state index in [4.69, 9.17) is 15.2 Å². The molecule has 1 fully saturated rings. The Morgan fingerprint density at radius 1 is 1.08 bits per heavy atom. The van der Waals surface area contributed by atoms with Crippen LogP contribution in [0.2, 0.25) is 0 Å². The van der Waals surface area contributed by atoms with Gasteiger partial charge in [-0.1, -0.05) is 42.8 Å². The van der Waals surface area contributed by atoms with E-state index >= 15 is 0 Å². The zero-order valence-electron chi connectivity index (χ0n) is 15.2. The summed E-state index contributed by atoms with van der Waals surface area (Å²) in [6.45, 7) is 0.507. The van der Waals surface area contributed by atoms with Crippen molar-refractivity contribution in [2.75, 3.05) is 7.11 Å². The van der Waals surface area contributed by atoms with Crippen LogP contribution < -0.4 is 10.5 Å². The van der Waals surface area contributed by atoms with Crippen molar-refractivity contribution in [1.82, 2.24) is 4.57 Å². The summed E-state index contributed by atoms with van der Waals surface area (Å²) in [7, 11) is 1.69. The molecule has 2 N–H and O–H groups in total. The first kappa shape index (κ1) is 17.1. The van der Waals surface area contributed by atoms with Crippen LogP contribution in [0.25, 0.3) is 10.9 Å². The van der Waals surface area contributed by atoms with E-state index in [2.05, 4.69) is 41.1 Å². The number of fused-ring (bicyclic) bond motifs is 1. The number of hydrogen-bond acceptors (Lipinski definition) is 3. The number of methoxy groups -OCH3 is 1. The normalized spacial score (nSPS) is 23.2. The summed E-state index contributed by atoms with van der Waals surface area (Å²) in [5.74, 6) is 0.859. The van der Waals surface area contributed by atoms with Gasteiger partial charge in [0.1, 0.15) is 11.4 Å². The predicted octanol–water partition coefficient (Wildman–Crippen LogP) is 4.42. The number of aromatic nitrogens is 1. The quantitative estimate of drug-likeness (QED) is 0.741. The van der Waals surface area contributed by atoms with Gasteiger partial charge in [-0.15, -0.1) is 0 Å². The molecule has 4 nitrogen and oxygen atoms in total. The summed E-state index contributed by atoms with van der Waals surface area (Å²) in [4.78, 5) is 0. The molecule has 0 bridgehead atoms. The summed E-state index contributed by atoms with van der Waals surface area (Å²) in [6, 6.07) is 18.5. The summed E-state index contributed by atoms with van der Waals surface area (Å²) in [6.07, 6.45) is 6.24. The van der Waals surface area contributed by atoms with Crippen LogP contribution in [-0.4, -0.2) is 17.8 Å². The molecule has 1 saturated carbocycles. The molecule has 0 spiro atoms. The van der Waals surface area contributed by atoms with Crippen molar-refractivity contribution in [1.29, 1.82) is 0 Å². The minimum Gasteiger partial charge on any atom is -0.496 e. The molecule has 1 heterocycles. The molecule has 2 atom stereocenters. The molecule has 4 rings (SSSR count). The number of para-hydroxylation sites is 2. The summed E-state index contributed by atoms with van der Waals surface area (Å²) in [5, 5.41) is 1.21. The number of benzene rings is 2. The standard InChI is InChI=1S/C22H26N2O2/c1-25-20-11-5-3-9-18(20)16-26-21-12-6-7-14-22(21,23)24-15-13-17-8-2-4-10-19(17)24/h2-5,8-11,13,15,21H,6-7,12,14,16,23H2,1H3. The van der Waals surface area contributed by atoms with Crippen LogP contribution in [0.1, 0.15) is 31.2 Å². The molecule has 1 aromatic heterocycles. The molecule has 0 saturated heterocycles. The Morgan fingerprint density at radius 3 is 2.77 bits per heavy atom. The molecule has 4 heteroatoms. The average molecular weight is 350 g/mol. The number of nitrogens with two attached hydrogens (primary N) is 1. The molecule has 26 heavy (non-hydrogen) atoms. The second kappa shape index (κ2) is 7.14. The highest BCUT2D eigenvalue weighted by molar-refractivity contribution is 5.80. The maximum atomic E-state index is 6.98. The first-order valence-electron chi connectivity index (χ1n) is 9.31. The molecular weight excluding hydrogens is 324 g/mol. The fourth-order valence-corrected chi connectivity index (χ4v) is 4.11. The SMILES string of the molecule is COc1ccccc1COC1CCCCC1(N)n1ccc2ccccc21. The molecule has 0 amide bonds. The molecule has 3 aromatic rings. The van der Waals surface area contributed by atoms with E-state index in [1.165, 1.54) is 10.9 Å². The lowest BCUT2D eigenvalue weighted by Crippen LogP contribution is -2.55. The van der Waals surface area contributed by atoms with Gasteiger partial charge in [0.2, 0.25) is 0 Å². The zero-order valence-corrected chi connectivity index (χ0v) is 15.2. The summed E-state index contributed by atoms with van der Waals surface area (Å²) in [5.41, 5.74) is 8.68. The fourth-order valence-electron chi connectivity index (χ4n) is 4.11. The van der Waals surface area contributed by atoms with Crippen molar-refractivity contribution in [2.24, 2.45) is 5.73 Å². The Hall–Kier alpha value is -2.30. The lowest BCUT2D eigenvalue weighted by Gasteiger charge is -2.42. The second-order valence-corrected chi connectivity index (χ2v) is 7.09. The van der Waals surface area contributed by atoms with Crippen LogP contribution in [0.15, 0.2) is 60.8 Å². The van der Waals surface area contributed by atoms with Gasteiger partial charge in [-0.3, -0.25) is 0 Å². The minimum absolute atomic E-state index is 0.0306. The van der Waals surface area contributed by atoms with Crippen molar-refractivity contribution in [3.8, 4) is 5.75 Å². The van der Waals surface area contributed by atoms with Crippen LogP contribution in [0.5, 0.6) is 5.75 Å². The first-order valence-corrected chi connectivity index (χ1v) is 9.31. The molecule has 1 aliphatic carbocycles. The maximum absolute atomic E-state index is 6.98. The van der Waals surface area contributed by atoms with Gasteiger partial charge < -0.3 is 19.8 Å². The number of rotatable bonds is 5. The van der Waals surface area contributed by atoms with Crippen LogP contribution in [0.4, 0.5) is 0 Å². The smallest absolute Gasteiger partial charge is 0.124 e. The summed E-state index contributed by atoms with van der Waals surface area (Å²) >= 11 is 0. The Labute approximate surface area is 154 Å². The van der Waals surface area contributed by atoms with E-state index < -0.39 is 5.66 Å². The Kier molecular flexibility index (Phi) is 4.70. The van der Waals surface area contributed by atoms with Gasteiger partial charge in [-0.05, 0) is 42.8 Å². The van der Waals surface area contributed by atoms with Crippen LogP contribution in [0.3, 0.4) is 0 Å². The van der Waals surface area contributed by atoms with Crippen molar-refractivity contribution < 1.29 is 9.47 Å². The largest absolute Gasteiger partial charge is 0.496 e. The second-order valence-electron chi connectivity index (χ2n) is 7.09. The monoisotopic (exact) mass is 350 g/mol. The van der Waals surface area contributed by atoms with Gasteiger partial charge in [0.15, 0.2) is 0 Å². The van der Waals surface area contributed by atoms with Gasteiger partial charge in [0, 0.05) is 17.3 Å². The maximum Gasteiger partial charge on any atom is 0.124 e. The van der Waals surface area contributed by atoms with E-state index in [1.54, 1.807) is 7.11 Å². The van der Waals surface area contributed by atoms with Crippen molar-refractivity contribution >= 4 is 10.9 Å². The van der Waals surface area contributed by atoms with E-state index in [0.717, 1.165) is 37.0 Å². The van der Waals surface area contributed by atoms with Gasteiger partial charge in [0.05, 0.1) is 19.8 Å². The highest BCUT2D eigenvalue weighted by Gasteiger charge is 2.40. The third kappa shape index (κ3) is 3.00. The first-order chi connectivity index (χ1) is 12.7. The predicted molar refractivity (Wildman–Crippen MR) is 104 cm³/mol. The minimum atomic E-state index is -0.524. The van der Waals surface area contributed by atoms with Gasteiger partial charge >= 0.3 is 0 Å². The van der Waals surface area contributed by atoms with E-state index in [0.29, 0.717) is 6.61 Å². The molecular formula is C22H26N2O2. The Balaban J connectivity index is 1.62. The fraction of sp³-hybridized carbons (Fsp3) is 0.364. The van der Waals surface area contributed by atoms with E-state index in [9.17, 15) is 0 Å². The van der Waals surface area contributed by atoms with E-state index in [1.807, 2.05) is 24.3 Å². The topological polar surface area (TPSA) is 49.4 Å². The lowest BCUT2D eigenvalue weighted by atomic mass is 9.86. The van der Waals surface area contributed by atoms with Gasteiger partial charge in [-0.25, -0.2) is 0 Å². The third-order valence-electron chi connectivity index (χ3n) is 5.53. The molecule has 0 radical (unpaired) electrons.